The maximum atomic E-state index is 12.7. The smallest absolute Gasteiger partial charge is 0.343 e. The maximum absolute atomic E-state index is 12.7. The lowest BCUT2D eigenvalue weighted by atomic mass is 10.1. The first-order chi connectivity index (χ1) is 21.9. The molecule has 0 unspecified atom stereocenters. The van der Waals surface area contributed by atoms with Crippen molar-refractivity contribution in [2.24, 2.45) is 0 Å². The zero-order valence-electron chi connectivity index (χ0n) is 24.1. The molecule has 0 fully saturated rings. The van der Waals surface area contributed by atoms with Crippen molar-refractivity contribution < 1.29 is 47.5 Å². The SMILES string of the molecule is C=CC(=O)OCOc1ccc(OCOc2ccc3c(c2)Cc2cc(OC(=O)c4ccc(OCOC(=O)C=C)cc4)ccc2-3)cc1. The molecule has 1 aliphatic carbocycles. The van der Waals surface area contributed by atoms with Crippen LogP contribution in [0.25, 0.3) is 11.1 Å². The normalized spacial score (nSPS) is 10.8. The molecule has 0 heterocycles. The van der Waals surface area contributed by atoms with Gasteiger partial charge in [-0.1, -0.05) is 25.3 Å². The Balaban J connectivity index is 1.10. The van der Waals surface area contributed by atoms with E-state index in [1.165, 1.54) is 0 Å². The van der Waals surface area contributed by atoms with E-state index in [0.717, 1.165) is 34.4 Å². The number of hydrogen-bond acceptors (Lipinski definition) is 10. The van der Waals surface area contributed by atoms with Crippen LogP contribution in [0.15, 0.2) is 110 Å². The predicted octanol–water partition coefficient (Wildman–Crippen LogP) is 6.02. The van der Waals surface area contributed by atoms with Gasteiger partial charge in [-0.25, -0.2) is 14.4 Å². The molecule has 0 spiro atoms. The minimum absolute atomic E-state index is 0.00114. The number of hydrogen-bond donors (Lipinski definition) is 0. The Morgan fingerprint density at radius 3 is 1.51 bits per heavy atom. The molecule has 5 rings (SSSR count). The van der Waals surface area contributed by atoms with Crippen LogP contribution in [0, 0.1) is 0 Å². The van der Waals surface area contributed by atoms with Crippen LogP contribution in [0.2, 0.25) is 0 Å². The van der Waals surface area contributed by atoms with Crippen molar-refractivity contribution in [2.75, 3.05) is 20.4 Å². The summed E-state index contributed by atoms with van der Waals surface area (Å²) in [5.74, 6) is 0.950. The van der Waals surface area contributed by atoms with Crippen LogP contribution in [0.3, 0.4) is 0 Å². The van der Waals surface area contributed by atoms with E-state index in [-0.39, 0.29) is 20.4 Å². The molecule has 0 aromatic heterocycles. The number of benzene rings is 4. The Bertz CT molecular complexity index is 1710. The van der Waals surface area contributed by atoms with E-state index in [4.69, 9.17) is 33.2 Å². The summed E-state index contributed by atoms with van der Waals surface area (Å²) >= 11 is 0. The second kappa shape index (κ2) is 14.4. The monoisotopic (exact) mass is 608 g/mol. The lowest BCUT2D eigenvalue weighted by Crippen LogP contribution is -2.09. The van der Waals surface area contributed by atoms with Crippen molar-refractivity contribution in [3.05, 3.63) is 127 Å². The maximum Gasteiger partial charge on any atom is 0.343 e. The number of fused-ring (bicyclic) bond motifs is 3. The van der Waals surface area contributed by atoms with Crippen LogP contribution < -0.4 is 23.7 Å². The Labute approximate surface area is 259 Å². The van der Waals surface area contributed by atoms with Crippen molar-refractivity contribution in [3.8, 4) is 39.9 Å². The minimum Gasteiger partial charge on any atom is -0.457 e. The molecule has 0 saturated heterocycles. The molecule has 10 heteroatoms. The van der Waals surface area contributed by atoms with Gasteiger partial charge in [0.15, 0.2) is 0 Å². The third kappa shape index (κ3) is 8.08. The first-order valence-electron chi connectivity index (χ1n) is 13.7. The van der Waals surface area contributed by atoms with Crippen LogP contribution in [-0.2, 0) is 25.5 Å². The summed E-state index contributed by atoms with van der Waals surface area (Å²) < 4.78 is 37.3. The molecular formula is C35H28O10. The highest BCUT2D eigenvalue weighted by Gasteiger charge is 2.20. The van der Waals surface area contributed by atoms with Gasteiger partial charge in [0.25, 0.3) is 0 Å². The number of carbonyl (C=O) groups is 3. The molecule has 0 bridgehead atoms. The highest BCUT2D eigenvalue weighted by atomic mass is 16.7. The van der Waals surface area contributed by atoms with Crippen LogP contribution in [0.1, 0.15) is 21.5 Å². The van der Waals surface area contributed by atoms with Crippen molar-refractivity contribution >= 4 is 17.9 Å². The van der Waals surface area contributed by atoms with E-state index < -0.39 is 17.9 Å². The fourth-order valence-electron chi connectivity index (χ4n) is 4.40. The van der Waals surface area contributed by atoms with E-state index >= 15 is 0 Å². The number of esters is 3. The third-order valence-electron chi connectivity index (χ3n) is 6.59. The molecule has 0 amide bonds. The number of carbonyl (C=O) groups excluding carboxylic acids is 3. The zero-order valence-corrected chi connectivity index (χ0v) is 24.1. The average Bonchev–Trinajstić information content (AvgIpc) is 3.42. The first-order valence-corrected chi connectivity index (χ1v) is 13.7. The van der Waals surface area contributed by atoms with Crippen LogP contribution >= 0.6 is 0 Å². The fraction of sp³-hybridized carbons (Fsp3) is 0.114. The van der Waals surface area contributed by atoms with Crippen molar-refractivity contribution in [3.63, 3.8) is 0 Å². The van der Waals surface area contributed by atoms with Crippen molar-refractivity contribution in [1.82, 2.24) is 0 Å². The van der Waals surface area contributed by atoms with Gasteiger partial charge >= 0.3 is 17.9 Å². The molecule has 10 nitrogen and oxygen atoms in total. The molecule has 0 N–H and O–H groups in total. The van der Waals surface area contributed by atoms with Gasteiger partial charge in [0, 0.05) is 12.2 Å². The molecule has 0 atom stereocenters. The molecule has 0 radical (unpaired) electrons. The van der Waals surface area contributed by atoms with E-state index in [2.05, 4.69) is 13.2 Å². The Morgan fingerprint density at radius 1 is 0.556 bits per heavy atom. The fourth-order valence-corrected chi connectivity index (χ4v) is 4.40. The summed E-state index contributed by atoms with van der Waals surface area (Å²) in [6.45, 7) is 6.15. The summed E-state index contributed by atoms with van der Waals surface area (Å²) in [4.78, 5) is 34.9. The van der Waals surface area contributed by atoms with Crippen molar-refractivity contribution in [2.45, 2.75) is 6.42 Å². The summed E-state index contributed by atoms with van der Waals surface area (Å²) in [6.07, 6.45) is 2.76. The second-order valence-corrected chi connectivity index (χ2v) is 9.47. The van der Waals surface area contributed by atoms with Crippen LogP contribution in [0.5, 0.6) is 28.7 Å². The summed E-state index contributed by atoms with van der Waals surface area (Å²) in [6, 6.07) is 24.5. The molecule has 228 valence electrons. The van der Waals surface area contributed by atoms with E-state index in [0.29, 0.717) is 40.7 Å². The molecule has 4 aromatic rings. The third-order valence-corrected chi connectivity index (χ3v) is 6.59. The standard InChI is InChI=1S/C35H28O10/c1-3-33(36)43-21-40-26-7-5-23(6-8-26)35(38)45-30-14-16-32-25(19-30)17-24-18-29(13-15-31(24)32)42-20-39-27-9-11-28(12-10-27)41-22-44-34(37)4-2/h3-16,18-19H,1-2,17,20-22H2. The first kappa shape index (κ1) is 30.4. The van der Waals surface area contributed by atoms with E-state index in [9.17, 15) is 14.4 Å². The van der Waals surface area contributed by atoms with Gasteiger partial charge in [-0.15, -0.1) is 0 Å². The lowest BCUT2D eigenvalue weighted by Gasteiger charge is -2.11. The molecule has 4 aromatic carbocycles. The molecule has 1 aliphatic rings. The van der Waals surface area contributed by atoms with Crippen LogP contribution in [0.4, 0.5) is 0 Å². The quantitative estimate of drug-likeness (QED) is 0.0641. The minimum atomic E-state index is -0.592. The van der Waals surface area contributed by atoms with Gasteiger partial charge in [0.05, 0.1) is 5.56 Å². The van der Waals surface area contributed by atoms with Gasteiger partial charge in [-0.3, -0.25) is 0 Å². The van der Waals surface area contributed by atoms with Gasteiger partial charge in [0.2, 0.25) is 20.4 Å². The Hall–Kier alpha value is -6.03. The number of ether oxygens (including phenoxy) is 7. The highest BCUT2D eigenvalue weighted by Crippen LogP contribution is 2.40. The predicted molar refractivity (Wildman–Crippen MR) is 162 cm³/mol. The lowest BCUT2D eigenvalue weighted by molar-refractivity contribution is -0.145. The average molecular weight is 609 g/mol. The van der Waals surface area contributed by atoms with E-state index in [1.807, 2.05) is 30.3 Å². The van der Waals surface area contributed by atoms with Gasteiger partial charge in [0.1, 0.15) is 28.7 Å². The molecule has 0 saturated carbocycles. The highest BCUT2D eigenvalue weighted by molar-refractivity contribution is 5.91. The largest absolute Gasteiger partial charge is 0.457 e. The summed E-state index contributed by atoms with van der Waals surface area (Å²) in [5, 5.41) is 0. The number of rotatable bonds is 14. The topological polar surface area (TPSA) is 116 Å². The summed E-state index contributed by atoms with van der Waals surface area (Å²) in [5.41, 5.74) is 4.60. The van der Waals surface area contributed by atoms with Gasteiger partial charge < -0.3 is 33.2 Å². The Morgan fingerprint density at radius 2 is 0.978 bits per heavy atom. The molecular weight excluding hydrogens is 580 g/mol. The second-order valence-electron chi connectivity index (χ2n) is 9.47. The summed E-state index contributed by atoms with van der Waals surface area (Å²) in [7, 11) is 0. The van der Waals surface area contributed by atoms with Gasteiger partial charge in [-0.05, 0) is 101 Å². The molecule has 45 heavy (non-hydrogen) atoms. The van der Waals surface area contributed by atoms with Gasteiger partial charge in [-0.2, -0.15) is 0 Å². The van der Waals surface area contributed by atoms with Crippen LogP contribution in [-0.4, -0.2) is 38.3 Å². The zero-order chi connectivity index (χ0) is 31.6. The Kier molecular flexibility index (Phi) is 9.76. The van der Waals surface area contributed by atoms with Crippen molar-refractivity contribution in [1.29, 1.82) is 0 Å². The van der Waals surface area contributed by atoms with E-state index in [1.54, 1.807) is 54.6 Å². The molecule has 0 aliphatic heterocycles.